The average molecular weight is 421 g/mol. The Morgan fingerprint density at radius 3 is 1.87 bits per heavy atom. The lowest BCUT2D eigenvalue weighted by Crippen LogP contribution is -2.36. The van der Waals surface area contributed by atoms with Gasteiger partial charge in [-0.05, 0) is 75.0 Å². The highest BCUT2D eigenvalue weighted by molar-refractivity contribution is 5.72. The molecule has 3 saturated carbocycles. The number of carbonyl (C=O) groups is 2. The van der Waals surface area contributed by atoms with Crippen molar-refractivity contribution in [2.45, 2.75) is 92.9 Å². The summed E-state index contributed by atoms with van der Waals surface area (Å²) in [5.41, 5.74) is 0.231. The van der Waals surface area contributed by atoms with Crippen LogP contribution in [-0.4, -0.2) is 25.2 Å². The summed E-state index contributed by atoms with van der Waals surface area (Å²) in [4.78, 5) is 24.4. The molecular weight excluding hydrogens is 376 g/mol. The second kappa shape index (κ2) is 9.20. The molecule has 0 amide bonds. The van der Waals surface area contributed by atoms with Crippen molar-refractivity contribution in [3.8, 4) is 0 Å². The Morgan fingerprint density at radius 2 is 1.33 bits per heavy atom. The molecule has 0 N–H and O–H groups in total. The summed E-state index contributed by atoms with van der Waals surface area (Å²) in [6.45, 7) is 13.8. The molecular formula is C26H44O4. The number of hydrogen-bond acceptors (Lipinski definition) is 4. The SMILES string of the molecule is CCC(C)C(=O)OCC1(C)CC2CC(C1)C1CC(C)(COC(=O)C(C)CC)CCC21. The fraction of sp³-hybridized carbons (Fsp3) is 0.923. The Labute approximate surface area is 183 Å². The van der Waals surface area contributed by atoms with Crippen LogP contribution in [0.1, 0.15) is 92.9 Å². The second-order valence-electron chi connectivity index (χ2n) is 11.7. The van der Waals surface area contributed by atoms with Gasteiger partial charge in [0.25, 0.3) is 0 Å². The molecule has 0 heterocycles. The molecule has 3 aliphatic carbocycles. The monoisotopic (exact) mass is 420 g/mol. The first-order chi connectivity index (χ1) is 14.1. The van der Waals surface area contributed by atoms with Gasteiger partial charge in [-0.1, -0.05) is 41.5 Å². The zero-order valence-electron chi connectivity index (χ0n) is 20.2. The molecule has 0 spiro atoms. The van der Waals surface area contributed by atoms with Crippen molar-refractivity contribution in [2.75, 3.05) is 13.2 Å². The molecule has 0 saturated heterocycles. The van der Waals surface area contributed by atoms with Gasteiger partial charge in [0.2, 0.25) is 0 Å². The number of esters is 2. The first-order valence-corrected chi connectivity index (χ1v) is 12.4. The fourth-order valence-corrected chi connectivity index (χ4v) is 6.57. The van der Waals surface area contributed by atoms with E-state index >= 15 is 0 Å². The third kappa shape index (κ3) is 5.05. The quantitative estimate of drug-likeness (QED) is 0.450. The second-order valence-corrected chi connectivity index (χ2v) is 11.7. The van der Waals surface area contributed by atoms with E-state index in [0.717, 1.165) is 42.9 Å². The van der Waals surface area contributed by atoms with Gasteiger partial charge in [-0.2, -0.15) is 0 Å². The summed E-state index contributed by atoms with van der Waals surface area (Å²) in [6, 6.07) is 0. The maximum Gasteiger partial charge on any atom is 0.308 e. The van der Waals surface area contributed by atoms with Crippen LogP contribution in [0.3, 0.4) is 0 Å². The predicted molar refractivity (Wildman–Crippen MR) is 119 cm³/mol. The molecule has 0 aromatic carbocycles. The highest BCUT2D eigenvalue weighted by Gasteiger charge is 2.55. The van der Waals surface area contributed by atoms with Gasteiger partial charge in [-0.3, -0.25) is 9.59 Å². The highest BCUT2D eigenvalue weighted by Crippen LogP contribution is 2.62. The van der Waals surface area contributed by atoms with Crippen molar-refractivity contribution in [3.63, 3.8) is 0 Å². The first-order valence-electron chi connectivity index (χ1n) is 12.4. The van der Waals surface area contributed by atoms with Crippen LogP contribution in [0.5, 0.6) is 0 Å². The van der Waals surface area contributed by atoms with Crippen LogP contribution in [-0.2, 0) is 19.1 Å². The van der Waals surface area contributed by atoms with Gasteiger partial charge >= 0.3 is 11.9 Å². The standard InChI is InChI=1S/C26H44O4/c1-7-17(3)23(27)29-15-25(5)10-9-21-19-11-20(22(21)14-25)13-26(6,12-19)16-30-24(28)18(4)8-2/h17-22H,7-16H2,1-6H3. The molecule has 4 nitrogen and oxygen atoms in total. The lowest BCUT2D eigenvalue weighted by molar-refractivity contribution is -0.153. The van der Waals surface area contributed by atoms with Gasteiger partial charge in [0.1, 0.15) is 0 Å². The third-order valence-corrected chi connectivity index (χ3v) is 8.84. The van der Waals surface area contributed by atoms with Crippen molar-refractivity contribution in [1.82, 2.24) is 0 Å². The van der Waals surface area contributed by atoms with E-state index in [2.05, 4.69) is 13.8 Å². The summed E-state index contributed by atoms with van der Waals surface area (Å²) in [5, 5.41) is 0. The molecule has 3 aliphatic rings. The molecule has 0 aromatic rings. The van der Waals surface area contributed by atoms with E-state index in [1.54, 1.807) is 0 Å². The fourth-order valence-electron chi connectivity index (χ4n) is 6.57. The Morgan fingerprint density at radius 1 is 0.833 bits per heavy atom. The number of fused-ring (bicyclic) bond motifs is 5. The van der Waals surface area contributed by atoms with E-state index in [9.17, 15) is 9.59 Å². The van der Waals surface area contributed by atoms with Crippen molar-refractivity contribution >= 4 is 11.9 Å². The minimum absolute atomic E-state index is 0.00432. The van der Waals surface area contributed by atoms with E-state index in [4.69, 9.17) is 9.47 Å². The molecule has 8 unspecified atom stereocenters. The average Bonchev–Trinajstić information content (AvgIpc) is 2.98. The predicted octanol–water partition coefficient (Wildman–Crippen LogP) is 6.02. The maximum absolute atomic E-state index is 12.2. The molecule has 172 valence electrons. The Balaban J connectivity index is 1.58. The summed E-state index contributed by atoms with van der Waals surface area (Å²) in [6.07, 6.45) is 8.97. The van der Waals surface area contributed by atoms with Gasteiger partial charge in [-0.25, -0.2) is 0 Å². The number of ether oxygens (including phenoxy) is 2. The van der Waals surface area contributed by atoms with Crippen LogP contribution < -0.4 is 0 Å². The summed E-state index contributed by atoms with van der Waals surface area (Å²) in [5.74, 6) is 2.96. The third-order valence-electron chi connectivity index (χ3n) is 8.84. The molecule has 0 aliphatic heterocycles. The van der Waals surface area contributed by atoms with Crippen molar-refractivity contribution in [2.24, 2.45) is 46.3 Å². The van der Waals surface area contributed by atoms with Crippen molar-refractivity contribution < 1.29 is 19.1 Å². The minimum atomic E-state index is -0.0401. The van der Waals surface area contributed by atoms with E-state index in [1.807, 2.05) is 27.7 Å². The van der Waals surface area contributed by atoms with Gasteiger partial charge in [0, 0.05) is 10.8 Å². The summed E-state index contributed by atoms with van der Waals surface area (Å²) < 4.78 is 11.5. The first kappa shape index (κ1) is 23.6. The normalized spacial score (nSPS) is 39.7. The van der Waals surface area contributed by atoms with E-state index in [0.29, 0.717) is 13.2 Å². The molecule has 8 atom stereocenters. The number of carbonyl (C=O) groups excluding carboxylic acids is 2. The van der Waals surface area contributed by atoms with Crippen molar-refractivity contribution in [3.05, 3.63) is 0 Å². The minimum Gasteiger partial charge on any atom is -0.465 e. The number of hydrogen-bond donors (Lipinski definition) is 0. The summed E-state index contributed by atoms with van der Waals surface area (Å²) >= 11 is 0. The lowest BCUT2D eigenvalue weighted by atomic mass is 9.65. The van der Waals surface area contributed by atoms with Gasteiger partial charge in [0.15, 0.2) is 0 Å². The maximum atomic E-state index is 12.2. The Hall–Kier alpha value is -1.06. The van der Waals surface area contributed by atoms with Gasteiger partial charge in [-0.15, -0.1) is 0 Å². The summed E-state index contributed by atoms with van der Waals surface area (Å²) in [7, 11) is 0. The van der Waals surface area contributed by atoms with Crippen molar-refractivity contribution in [1.29, 1.82) is 0 Å². The van der Waals surface area contributed by atoms with Crippen LogP contribution in [0.25, 0.3) is 0 Å². The molecule has 0 radical (unpaired) electrons. The molecule has 0 aromatic heterocycles. The number of rotatable bonds is 8. The van der Waals surface area contributed by atoms with Crippen LogP contribution in [0.2, 0.25) is 0 Å². The Kier molecular flexibility index (Phi) is 7.24. The molecule has 30 heavy (non-hydrogen) atoms. The highest BCUT2D eigenvalue weighted by atomic mass is 16.5. The topological polar surface area (TPSA) is 52.6 Å². The largest absolute Gasteiger partial charge is 0.465 e. The zero-order chi connectivity index (χ0) is 22.1. The lowest BCUT2D eigenvalue weighted by Gasteiger charge is -2.42. The zero-order valence-corrected chi connectivity index (χ0v) is 20.2. The van der Waals surface area contributed by atoms with E-state index in [-0.39, 0.29) is 34.6 Å². The van der Waals surface area contributed by atoms with Crippen LogP contribution in [0.4, 0.5) is 0 Å². The van der Waals surface area contributed by atoms with Crippen LogP contribution >= 0.6 is 0 Å². The Bertz CT molecular complexity index is 631. The van der Waals surface area contributed by atoms with Gasteiger partial charge in [0.05, 0.1) is 25.0 Å². The van der Waals surface area contributed by atoms with Gasteiger partial charge < -0.3 is 9.47 Å². The van der Waals surface area contributed by atoms with E-state index in [1.165, 1.54) is 32.1 Å². The molecule has 4 heteroatoms. The van der Waals surface area contributed by atoms with Crippen LogP contribution in [0.15, 0.2) is 0 Å². The molecule has 2 bridgehead atoms. The molecule has 3 fully saturated rings. The van der Waals surface area contributed by atoms with Crippen LogP contribution in [0, 0.1) is 46.3 Å². The molecule has 3 rings (SSSR count). The van der Waals surface area contributed by atoms with E-state index < -0.39 is 0 Å². The smallest absolute Gasteiger partial charge is 0.308 e.